The van der Waals surface area contributed by atoms with E-state index in [4.69, 9.17) is 5.11 Å². The van der Waals surface area contributed by atoms with Crippen LogP contribution in [0.2, 0.25) is 0 Å². The molecule has 0 aliphatic carbocycles. The van der Waals surface area contributed by atoms with E-state index in [0.29, 0.717) is 12.1 Å². The predicted octanol–water partition coefficient (Wildman–Crippen LogP) is 1.15. The molecule has 3 atom stereocenters. The van der Waals surface area contributed by atoms with Crippen molar-refractivity contribution in [2.45, 2.75) is 51.7 Å². The molecular formula is C20H29N3O6. The second-order valence-corrected chi connectivity index (χ2v) is 7.11. The molecule has 4 N–H and O–H groups in total. The van der Waals surface area contributed by atoms with Crippen LogP contribution in [-0.2, 0) is 23.9 Å². The Kier molecular flexibility index (Phi) is 9.81. The minimum absolute atomic E-state index is 0.104. The SMILES string of the molecule is COC(=O)C[C@H](N[C@H](C)C(=O)O)C(=O)N[C@@H](CC(C)C)C(=O)Nc1ccccc1. The van der Waals surface area contributed by atoms with Crippen molar-refractivity contribution in [3.63, 3.8) is 0 Å². The average Bonchev–Trinajstić information content (AvgIpc) is 2.66. The number of methoxy groups -OCH3 is 1. The summed E-state index contributed by atoms with van der Waals surface area (Å²) in [7, 11) is 1.17. The molecule has 0 aliphatic heterocycles. The van der Waals surface area contributed by atoms with Gasteiger partial charge >= 0.3 is 11.9 Å². The molecule has 1 aromatic carbocycles. The number of ether oxygens (including phenoxy) is 1. The number of benzene rings is 1. The minimum atomic E-state index is -1.17. The van der Waals surface area contributed by atoms with Crippen molar-refractivity contribution >= 4 is 29.4 Å². The highest BCUT2D eigenvalue weighted by Gasteiger charge is 2.30. The van der Waals surface area contributed by atoms with Crippen LogP contribution in [-0.4, -0.2) is 54.1 Å². The van der Waals surface area contributed by atoms with Crippen LogP contribution in [0.3, 0.4) is 0 Å². The number of hydrogen-bond donors (Lipinski definition) is 4. The predicted molar refractivity (Wildman–Crippen MR) is 107 cm³/mol. The summed E-state index contributed by atoms with van der Waals surface area (Å²) in [4.78, 5) is 48.2. The largest absolute Gasteiger partial charge is 0.480 e. The number of carboxylic acid groups (broad SMARTS) is 1. The van der Waals surface area contributed by atoms with E-state index >= 15 is 0 Å². The lowest BCUT2D eigenvalue weighted by molar-refractivity contribution is -0.145. The Hall–Kier alpha value is -2.94. The number of esters is 1. The van der Waals surface area contributed by atoms with E-state index in [1.165, 1.54) is 14.0 Å². The molecule has 1 aromatic rings. The van der Waals surface area contributed by atoms with Gasteiger partial charge in [0.15, 0.2) is 0 Å². The van der Waals surface area contributed by atoms with Gasteiger partial charge in [0.25, 0.3) is 0 Å². The summed E-state index contributed by atoms with van der Waals surface area (Å²) >= 11 is 0. The van der Waals surface area contributed by atoms with Crippen molar-refractivity contribution in [2.75, 3.05) is 12.4 Å². The first kappa shape index (κ1) is 24.1. The van der Waals surface area contributed by atoms with Gasteiger partial charge in [-0.1, -0.05) is 32.0 Å². The van der Waals surface area contributed by atoms with Gasteiger partial charge in [-0.15, -0.1) is 0 Å². The van der Waals surface area contributed by atoms with E-state index in [-0.39, 0.29) is 12.3 Å². The molecule has 0 saturated carbocycles. The maximum Gasteiger partial charge on any atom is 0.320 e. The van der Waals surface area contributed by atoms with Crippen LogP contribution in [0.4, 0.5) is 5.69 Å². The molecule has 29 heavy (non-hydrogen) atoms. The van der Waals surface area contributed by atoms with E-state index in [2.05, 4.69) is 20.7 Å². The van der Waals surface area contributed by atoms with Crippen molar-refractivity contribution in [2.24, 2.45) is 5.92 Å². The van der Waals surface area contributed by atoms with Gasteiger partial charge in [-0.3, -0.25) is 24.5 Å². The molecule has 0 unspecified atom stereocenters. The minimum Gasteiger partial charge on any atom is -0.480 e. The number of rotatable bonds is 11. The van der Waals surface area contributed by atoms with Gasteiger partial charge in [-0.05, 0) is 31.4 Å². The van der Waals surface area contributed by atoms with Crippen molar-refractivity contribution in [1.82, 2.24) is 10.6 Å². The maximum atomic E-state index is 12.7. The molecular weight excluding hydrogens is 378 g/mol. The topological polar surface area (TPSA) is 134 Å². The lowest BCUT2D eigenvalue weighted by Crippen LogP contribution is -2.55. The lowest BCUT2D eigenvalue weighted by atomic mass is 10.0. The van der Waals surface area contributed by atoms with Crippen LogP contribution in [0, 0.1) is 5.92 Å². The number of carbonyl (C=O) groups excluding carboxylic acids is 3. The molecule has 1 rings (SSSR count). The first-order chi connectivity index (χ1) is 13.6. The normalized spacial score (nSPS) is 13.8. The van der Waals surface area contributed by atoms with Gasteiger partial charge in [0.1, 0.15) is 12.1 Å². The van der Waals surface area contributed by atoms with Crippen LogP contribution in [0.1, 0.15) is 33.6 Å². The van der Waals surface area contributed by atoms with Gasteiger partial charge in [-0.2, -0.15) is 0 Å². The Bertz CT molecular complexity index is 707. The first-order valence-corrected chi connectivity index (χ1v) is 9.36. The quantitative estimate of drug-likeness (QED) is 0.404. The zero-order valence-corrected chi connectivity index (χ0v) is 17.1. The second-order valence-electron chi connectivity index (χ2n) is 7.11. The molecule has 0 radical (unpaired) electrons. The highest BCUT2D eigenvalue weighted by atomic mass is 16.5. The summed E-state index contributed by atoms with van der Waals surface area (Å²) in [5.41, 5.74) is 0.587. The Balaban J connectivity index is 2.93. The summed E-state index contributed by atoms with van der Waals surface area (Å²) in [6.07, 6.45) is -0.00150. The van der Waals surface area contributed by atoms with E-state index < -0.39 is 41.9 Å². The molecule has 2 amide bonds. The zero-order valence-electron chi connectivity index (χ0n) is 17.1. The van der Waals surface area contributed by atoms with E-state index in [9.17, 15) is 19.2 Å². The van der Waals surface area contributed by atoms with Gasteiger partial charge in [0.2, 0.25) is 11.8 Å². The van der Waals surface area contributed by atoms with Crippen molar-refractivity contribution in [3.8, 4) is 0 Å². The van der Waals surface area contributed by atoms with Crippen LogP contribution < -0.4 is 16.0 Å². The van der Waals surface area contributed by atoms with Crippen molar-refractivity contribution in [1.29, 1.82) is 0 Å². The third-order valence-corrected chi connectivity index (χ3v) is 4.12. The molecule has 0 saturated heterocycles. The first-order valence-electron chi connectivity index (χ1n) is 9.36. The van der Waals surface area contributed by atoms with Crippen LogP contribution in [0.25, 0.3) is 0 Å². The number of carbonyl (C=O) groups is 4. The third kappa shape index (κ3) is 8.73. The summed E-state index contributed by atoms with van der Waals surface area (Å²) in [5, 5.41) is 17.0. The lowest BCUT2D eigenvalue weighted by Gasteiger charge is -2.25. The van der Waals surface area contributed by atoms with E-state index in [1.807, 2.05) is 19.9 Å². The molecule has 0 heterocycles. The fourth-order valence-corrected chi connectivity index (χ4v) is 2.58. The molecule has 0 bridgehead atoms. The van der Waals surface area contributed by atoms with E-state index in [1.54, 1.807) is 24.3 Å². The number of para-hydroxylation sites is 1. The molecule has 0 fully saturated rings. The molecule has 0 aliphatic rings. The summed E-state index contributed by atoms with van der Waals surface area (Å²) in [6, 6.07) is 5.72. The fourth-order valence-electron chi connectivity index (χ4n) is 2.58. The molecule has 9 nitrogen and oxygen atoms in total. The molecule has 0 aromatic heterocycles. The number of amides is 2. The summed E-state index contributed by atoms with van der Waals surface area (Å²) in [6.45, 7) is 5.17. The maximum absolute atomic E-state index is 12.7. The molecule has 9 heteroatoms. The third-order valence-electron chi connectivity index (χ3n) is 4.12. The highest BCUT2D eigenvalue weighted by molar-refractivity contribution is 5.98. The summed E-state index contributed by atoms with van der Waals surface area (Å²) < 4.78 is 4.58. The van der Waals surface area contributed by atoms with Crippen LogP contribution in [0.15, 0.2) is 30.3 Å². The number of anilines is 1. The van der Waals surface area contributed by atoms with Gasteiger partial charge < -0.3 is 20.5 Å². The van der Waals surface area contributed by atoms with Crippen molar-refractivity contribution < 1.29 is 29.0 Å². The van der Waals surface area contributed by atoms with Gasteiger partial charge in [0.05, 0.1) is 19.6 Å². The monoisotopic (exact) mass is 407 g/mol. The van der Waals surface area contributed by atoms with Gasteiger partial charge in [0, 0.05) is 5.69 Å². The second kappa shape index (κ2) is 11.8. The Morgan fingerprint density at radius 1 is 1.00 bits per heavy atom. The number of nitrogens with one attached hydrogen (secondary N) is 3. The Labute approximate surface area is 170 Å². The fraction of sp³-hybridized carbons (Fsp3) is 0.500. The Morgan fingerprint density at radius 3 is 2.14 bits per heavy atom. The zero-order chi connectivity index (χ0) is 22.0. The molecule has 160 valence electrons. The Morgan fingerprint density at radius 2 is 1.62 bits per heavy atom. The number of hydrogen-bond acceptors (Lipinski definition) is 6. The van der Waals surface area contributed by atoms with Crippen LogP contribution >= 0.6 is 0 Å². The summed E-state index contributed by atoms with van der Waals surface area (Å²) in [5.74, 6) is -2.80. The van der Waals surface area contributed by atoms with E-state index in [0.717, 1.165) is 0 Å². The van der Waals surface area contributed by atoms with Crippen LogP contribution in [0.5, 0.6) is 0 Å². The van der Waals surface area contributed by atoms with Gasteiger partial charge in [-0.25, -0.2) is 0 Å². The number of aliphatic carboxylic acids is 1. The smallest absolute Gasteiger partial charge is 0.320 e. The number of carboxylic acids is 1. The standard InChI is InChI=1S/C20H29N3O6/c1-12(2)10-15(18(25)22-14-8-6-5-7-9-14)23-19(26)16(11-17(24)29-4)21-13(3)20(27)28/h5-9,12-13,15-16,21H,10-11H2,1-4H3,(H,22,25)(H,23,26)(H,27,28)/t13-,15+,16+/m1/s1. The van der Waals surface area contributed by atoms with Crippen molar-refractivity contribution in [3.05, 3.63) is 30.3 Å². The molecule has 0 spiro atoms. The average molecular weight is 407 g/mol. The highest BCUT2D eigenvalue weighted by Crippen LogP contribution is 2.11.